The number of Topliss-reactive ketones (excluding diaryl/α,β-unsaturated/α-hetero) is 1. The number of ketones is 1. The third kappa shape index (κ3) is 2.32. The summed E-state index contributed by atoms with van der Waals surface area (Å²) in [5.41, 5.74) is 0.370. The molecular formula is C12H13N3O4. The van der Waals surface area contributed by atoms with Crippen LogP contribution in [-0.2, 0) is 4.79 Å². The molecule has 1 aromatic carbocycles. The van der Waals surface area contributed by atoms with Crippen LogP contribution in [0, 0.1) is 10.1 Å². The lowest BCUT2D eigenvalue weighted by molar-refractivity contribution is -0.384. The minimum absolute atomic E-state index is 0.109. The molecule has 1 amide bonds. The van der Waals surface area contributed by atoms with Crippen LogP contribution in [-0.4, -0.2) is 48.7 Å². The molecule has 0 saturated heterocycles. The summed E-state index contributed by atoms with van der Waals surface area (Å²) < 4.78 is 0. The minimum Gasteiger partial charge on any atom is -0.308 e. The van der Waals surface area contributed by atoms with Gasteiger partial charge in [0.25, 0.3) is 17.4 Å². The molecular weight excluding hydrogens is 250 g/mol. The highest BCUT2D eigenvalue weighted by molar-refractivity contribution is 6.52. The number of nitro benzene ring substituents is 1. The van der Waals surface area contributed by atoms with E-state index in [4.69, 9.17) is 0 Å². The first-order valence-corrected chi connectivity index (χ1v) is 5.71. The zero-order valence-electron chi connectivity index (χ0n) is 10.6. The summed E-state index contributed by atoms with van der Waals surface area (Å²) in [5, 5.41) is 10.7. The maximum Gasteiger partial charge on any atom is 0.299 e. The van der Waals surface area contributed by atoms with Gasteiger partial charge in [0.05, 0.1) is 16.2 Å². The van der Waals surface area contributed by atoms with Crippen LogP contribution in [0.15, 0.2) is 18.2 Å². The number of carbonyl (C=O) groups is 2. The van der Waals surface area contributed by atoms with Crippen LogP contribution in [0.2, 0.25) is 0 Å². The fourth-order valence-electron chi connectivity index (χ4n) is 1.92. The zero-order chi connectivity index (χ0) is 14.2. The van der Waals surface area contributed by atoms with E-state index >= 15 is 0 Å². The van der Waals surface area contributed by atoms with Crippen molar-refractivity contribution in [2.75, 3.05) is 32.1 Å². The maximum atomic E-state index is 11.8. The molecule has 7 heteroatoms. The number of nitro groups is 1. The molecule has 0 fully saturated rings. The van der Waals surface area contributed by atoms with Crippen LogP contribution < -0.4 is 4.90 Å². The second-order valence-electron chi connectivity index (χ2n) is 4.55. The van der Waals surface area contributed by atoms with Gasteiger partial charge in [-0.2, -0.15) is 0 Å². The monoisotopic (exact) mass is 263 g/mol. The van der Waals surface area contributed by atoms with Crippen molar-refractivity contribution in [3.05, 3.63) is 33.9 Å². The molecule has 0 radical (unpaired) electrons. The first-order chi connectivity index (χ1) is 8.91. The predicted octanol–water partition coefficient (Wildman–Crippen LogP) is 0.686. The summed E-state index contributed by atoms with van der Waals surface area (Å²) in [6.07, 6.45) is 0. The van der Waals surface area contributed by atoms with E-state index < -0.39 is 16.6 Å². The van der Waals surface area contributed by atoms with Crippen LogP contribution in [0.25, 0.3) is 0 Å². The molecule has 7 nitrogen and oxygen atoms in total. The van der Waals surface area contributed by atoms with E-state index in [0.717, 1.165) is 6.07 Å². The smallest absolute Gasteiger partial charge is 0.299 e. The Labute approximate surface area is 109 Å². The van der Waals surface area contributed by atoms with Crippen molar-refractivity contribution in [2.24, 2.45) is 0 Å². The van der Waals surface area contributed by atoms with Crippen molar-refractivity contribution >= 4 is 23.1 Å². The molecule has 1 aromatic rings. The van der Waals surface area contributed by atoms with E-state index in [1.165, 1.54) is 17.0 Å². The second-order valence-corrected chi connectivity index (χ2v) is 4.55. The number of hydrogen-bond acceptors (Lipinski definition) is 5. The zero-order valence-corrected chi connectivity index (χ0v) is 10.6. The van der Waals surface area contributed by atoms with Crippen LogP contribution in [0.4, 0.5) is 11.4 Å². The molecule has 0 N–H and O–H groups in total. The molecule has 2 rings (SSSR count). The van der Waals surface area contributed by atoms with Gasteiger partial charge in [0.2, 0.25) is 0 Å². The summed E-state index contributed by atoms with van der Waals surface area (Å²) in [7, 11) is 3.72. The van der Waals surface area contributed by atoms with Crippen LogP contribution in [0.1, 0.15) is 10.4 Å². The quantitative estimate of drug-likeness (QED) is 0.453. The summed E-state index contributed by atoms with van der Waals surface area (Å²) in [5.74, 6) is -1.31. The first-order valence-electron chi connectivity index (χ1n) is 5.71. The Morgan fingerprint density at radius 2 is 2.00 bits per heavy atom. The Morgan fingerprint density at radius 3 is 2.58 bits per heavy atom. The van der Waals surface area contributed by atoms with Crippen molar-refractivity contribution < 1.29 is 14.5 Å². The lowest BCUT2D eigenvalue weighted by atomic mass is 10.1. The largest absolute Gasteiger partial charge is 0.308 e. The molecule has 1 heterocycles. The maximum absolute atomic E-state index is 11.8. The minimum atomic E-state index is -0.683. The van der Waals surface area contributed by atoms with Gasteiger partial charge >= 0.3 is 0 Å². The van der Waals surface area contributed by atoms with Crippen molar-refractivity contribution in [1.29, 1.82) is 0 Å². The Balaban J connectivity index is 2.36. The number of nitrogens with zero attached hydrogens (tertiary/aromatic N) is 3. The molecule has 100 valence electrons. The van der Waals surface area contributed by atoms with E-state index in [2.05, 4.69) is 0 Å². The van der Waals surface area contributed by atoms with Gasteiger partial charge in [-0.25, -0.2) is 0 Å². The first kappa shape index (κ1) is 13.2. The number of fused-ring (bicyclic) bond motifs is 1. The fourth-order valence-corrected chi connectivity index (χ4v) is 1.92. The molecule has 0 aromatic heterocycles. The van der Waals surface area contributed by atoms with E-state index in [1.54, 1.807) is 0 Å². The highest BCUT2D eigenvalue weighted by atomic mass is 16.6. The highest BCUT2D eigenvalue weighted by Crippen LogP contribution is 2.31. The van der Waals surface area contributed by atoms with Gasteiger partial charge in [0.1, 0.15) is 0 Å². The standard InChI is InChI=1S/C12H13N3O4/c1-13(2)5-6-14-10-4-3-8(15(18)19)7-9(10)11(16)12(14)17/h3-4,7H,5-6H2,1-2H3. The number of likely N-dealkylation sites (N-methyl/N-ethyl adjacent to an activating group) is 1. The Kier molecular flexibility index (Phi) is 3.30. The molecule has 0 bridgehead atoms. The number of non-ortho nitro benzene ring substituents is 1. The molecule has 0 aliphatic carbocycles. The summed E-state index contributed by atoms with van der Waals surface area (Å²) >= 11 is 0. The van der Waals surface area contributed by atoms with Gasteiger partial charge in [-0.15, -0.1) is 0 Å². The number of hydrogen-bond donors (Lipinski definition) is 0. The Hall–Kier alpha value is -2.28. The molecule has 0 spiro atoms. The number of carbonyl (C=O) groups excluding carboxylic acids is 2. The average Bonchev–Trinajstić information content (AvgIpc) is 2.59. The van der Waals surface area contributed by atoms with E-state index in [9.17, 15) is 19.7 Å². The van der Waals surface area contributed by atoms with E-state index in [-0.39, 0.29) is 11.3 Å². The highest BCUT2D eigenvalue weighted by Gasteiger charge is 2.36. The Morgan fingerprint density at radius 1 is 1.32 bits per heavy atom. The summed E-state index contributed by atoms with van der Waals surface area (Å²) in [4.78, 5) is 37.0. The molecule has 0 unspecified atom stereocenters. The Bertz CT molecular complexity index is 568. The molecule has 19 heavy (non-hydrogen) atoms. The van der Waals surface area contributed by atoms with Crippen LogP contribution >= 0.6 is 0 Å². The summed E-state index contributed by atoms with van der Waals surface area (Å²) in [6.45, 7) is 0.984. The van der Waals surface area contributed by atoms with Gasteiger partial charge in [-0.3, -0.25) is 19.7 Å². The molecule has 1 aliphatic heterocycles. The van der Waals surface area contributed by atoms with Crippen molar-refractivity contribution in [3.63, 3.8) is 0 Å². The fraction of sp³-hybridized carbons (Fsp3) is 0.333. The molecule has 0 atom stereocenters. The summed E-state index contributed by atoms with van der Waals surface area (Å²) in [6, 6.07) is 3.91. The lowest BCUT2D eigenvalue weighted by Crippen LogP contribution is -2.35. The third-order valence-electron chi connectivity index (χ3n) is 2.94. The van der Waals surface area contributed by atoms with E-state index in [0.29, 0.717) is 18.8 Å². The van der Waals surface area contributed by atoms with E-state index in [1.807, 2.05) is 19.0 Å². The topological polar surface area (TPSA) is 83.8 Å². The SMILES string of the molecule is CN(C)CCN1C(=O)C(=O)c2cc([N+](=O)[O-])ccc21. The van der Waals surface area contributed by atoms with Crippen molar-refractivity contribution in [3.8, 4) is 0 Å². The number of amides is 1. The van der Waals surface area contributed by atoms with Crippen LogP contribution in [0.5, 0.6) is 0 Å². The number of anilines is 1. The lowest BCUT2D eigenvalue weighted by Gasteiger charge is -2.18. The second kappa shape index (κ2) is 4.77. The molecule has 0 saturated carbocycles. The average molecular weight is 263 g/mol. The van der Waals surface area contributed by atoms with Gasteiger partial charge < -0.3 is 9.80 Å². The van der Waals surface area contributed by atoms with Crippen molar-refractivity contribution in [2.45, 2.75) is 0 Å². The normalized spacial score (nSPS) is 14.2. The molecule has 1 aliphatic rings. The van der Waals surface area contributed by atoms with Gasteiger partial charge in [0.15, 0.2) is 0 Å². The third-order valence-corrected chi connectivity index (χ3v) is 2.94. The number of rotatable bonds is 4. The van der Waals surface area contributed by atoms with Crippen LogP contribution in [0.3, 0.4) is 0 Å². The number of benzene rings is 1. The van der Waals surface area contributed by atoms with Gasteiger partial charge in [-0.1, -0.05) is 0 Å². The van der Waals surface area contributed by atoms with Gasteiger partial charge in [-0.05, 0) is 20.2 Å². The predicted molar refractivity (Wildman–Crippen MR) is 68.3 cm³/mol. The van der Waals surface area contributed by atoms with Gasteiger partial charge in [0, 0.05) is 25.2 Å². The van der Waals surface area contributed by atoms with Crippen molar-refractivity contribution in [1.82, 2.24) is 4.90 Å².